The average molecular weight is 371 g/mol. The predicted molar refractivity (Wildman–Crippen MR) is 101 cm³/mol. The fourth-order valence-corrected chi connectivity index (χ4v) is 4.56. The number of hydrogen-bond acceptors (Lipinski definition) is 4. The highest BCUT2D eigenvalue weighted by Crippen LogP contribution is 2.43. The third-order valence-electron chi connectivity index (χ3n) is 4.39. The molecule has 0 radical (unpaired) electrons. The van der Waals surface area contributed by atoms with E-state index in [1.807, 2.05) is 62.4 Å². The van der Waals surface area contributed by atoms with Crippen molar-refractivity contribution in [2.45, 2.75) is 31.9 Å². The predicted octanol–water partition coefficient (Wildman–Crippen LogP) is 4.14. The molecule has 0 spiro atoms. The lowest BCUT2D eigenvalue weighted by molar-refractivity contribution is -0.141. The Balaban J connectivity index is 1.83. The van der Waals surface area contributed by atoms with Crippen molar-refractivity contribution in [1.82, 2.24) is 4.90 Å². The number of thioether (sulfide) groups is 1. The second kappa shape index (κ2) is 7.83. The lowest BCUT2D eigenvalue weighted by Crippen LogP contribution is -2.43. The van der Waals surface area contributed by atoms with Gasteiger partial charge in [-0.3, -0.25) is 4.90 Å². The van der Waals surface area contributed by atoms with Gasteiger partial charge in [-0.2, -0.15) is 0 Å². The first-order chi connectivity index (χ1) is 12.5. The van der Waals surface area contributed by atoms with Gasteiger partial charge in [0.15, 0.2) is 0 Å². The summed E-state index contributed by atoms with van der Waals surface area (Å²) in [6.45, 7) is 4.10. The van der Waals surface area contributed by atoms with Gasteiger partial charge in [0.05, 0.1) is 0 Å². The SMILES string of the molecule is Cc1ccc(C2SCC(C(=O)O)N2C(=O)OCc2ccccc2)c(C)c1. The molecule has 0 bridgehead atoms. The van der Waals surface area contributed by atoms with Crippen molar-refractivity contribution in [2.75, 3.05) is 5.75 Å². The topological polar surface area (TPSA) is 66.8 Å². The Kier molecular flexibility index (Phi) is 5.52. The molecule has 2 aromatic carbocycles. The third kappa shape index (κ3) is 3.85. The number of carbonyl (C=O) groups excluding carboxylic acids is 1. The molecule has 0 saturated carbocycles. The summed E-state index contributed by atoms with van der Waals surface area (Å²) in [5.74, 6) is -0.672. The quantitative estimate of drug-likeness (QED) is 0.875. The molecule has 5 nitrogen and oxygen atoms in total. The van der Waals surface area contributed by atoms with Gasteiger partial charge in [0, 0.05) is 5.75 Å². The van der Waals surface area contributed by atoms with Crippen LogP contribution in [0, 0.1) is 13.8 Å². The minimum atomic E-state index is -1.01. The summed E-state index contributed by atoms with van der Waals surface area (Å²) in [4.78, 5) is 25.7. The zero-order valence-electron chi connectivity index (χ0n) is 14.7. The van der Waals surface area contributed by atoms with E-state index < -0.39 is 18.1 Å². The maximum absolute atomic E-state index is 12.7. The molecule has 3 rings (SSSR count). The number of rotatable bonds is 4. The first-order valence-corrected chi connectivity index (χ1v) is 9.43. The number of carbonyl (C=O) groups is 2. The molecule has 2 aromatic rings. The number of aliphatic carboxylic acids is 1. The number of hydrogen-bond donors (Lipinski definition) is 1. The van der Waals surface area contributed by atoms with Gasteiger partial charge in [-0.15, -0.1) is 11.8 Å². The highest BCUT2D eigenvalue weighted by molar-refractivity contribution is 7.99. The summed E-state index contributed by atoms with van der Waals surface area (Å²) in [5, 5.41) is 9.17. The number of benzene rings is 2. The van der Waals surface area contributed by atoms with Crippen LogP contribution in [0.3, 0.4) is 0 Å². The van der Waals surface area contributed by atoms with Crippen molar-refractivity contribution in [2.24, 2.45) is 0 Å². The fraction of sp³-hybridized carbons (Fsp3) is 0.300. The highest BCUT2D eigenvalue weighted by Gasteiger charge is 2.43. The molecule has 2 atom stereocenters. The van der Waals surface area contributed by atoms with Gasteiger partial charge in [-0.1, -0.05) is 54.1 Å². The Morgan fingerprint density at radius 2 is 1.92 bits per heavy atom. The summed E-state index contributed by atoms with van der Waals surface area (Å²) in [6.07, 6.45) is -0.601. The molecular weight excluding hydrogens is 350 g/mol. The van der Waals surface area contributed by atoms with Gasteiger partial charge >= 0.3 is 12.1 Å². The van der Waals surface area contributed by atoms with Crippen LogP contribution < -0.4 is 0 Å². The zero-order chi connectivity index (χ0) is 18.7. The molecule has 0 aromatic heterocycles. The van der Waals surface area contributed by atoms with E-state index in [4.69, 9.17) is 4.74 Å². The summed E-state index contributed by atoms with van der Waals surface area (Å²) < 4.78 is 5.42. The van der Waals surface area contributed by atoms with E-state index in [1.165, 1.54) is 16.7 Å². The summed E-state index contributed by atoms with van der Waals surface area (Å²) >= 11 is 1.45. The van der Waals surface area contributed by atoms with Gasteiger partial charge in [0.25, 0.3) is 0 Å². The van der Waals surface area contributed by atoms with Crippen molar-refractivity contribution in [3.63, 3.8) is 0 Å². The lowest BCUT2D eigenvalue weighted by Gasteiger charge is -2.27. The number of aryl methyl sites for hydroxylation is 2. The smallest absolute Gasteiger partial charge is 0.412 e. The van der Waals surface area contributed by atoms with Gasteiger partial charge in [-0.05, 0) is 30.5 Å². The van der Waals surface area contributed by atoms with Crippen LogP contribution in [0.4, 0.5) is 4.79 Å². The molecule has 6 heteroatoms. The number of nitrogens with zero attached hydrogens (tertiary/aromatic N) is 1. The normalized spacial score (nSPS) is 19.4. The van der Waals surface area contributed by atoms with Crippen molar-refractivity contribution in [1.29, 1.82) is 0 Å². The number of ether oxygens (including phenoxy) is 1. The minimum Gasteiger partial charge on any atom is -0.480 e. The largest absolute Gasteiger partial charge is 0.480 e. The second-order valence-electron chi connectivity index (χ2n) is 6.35. The van der Waals surface area contributed by atoms with E-state index in [2.05, 4.69) is 0 Å². The Morgan fingerprint density at radius 3 is 2.58 bits per heavy atom. The molecule has 0 aliphatic carbocycles. The molecule has 136 valence electrons. The molecular formula is C20H21NO4S. The van der Waals surface area contributed by atoms with Crippen molar-refractivity contribution in [3.8, 4) is 0 Å². The molecule has 26 heavy (non-hydrogen) atoms. The van der Waals surface area contributed by atoms with Crippen LogP contribution in [0.25, 0.3) is 0 Å². The number of amides is 1. The molecule has 1 heterocycles. The molecule has 1 aliphatic heterocycles. The van der Waals surface area contributed by atoms with Crippen LogP contribution in [0.2, 0.25) is 0 Å². The summed E-state index contributed by atoms with van der Waals surface area (Å²) in [6, 6.07) is 14.4. The molecule has 1 N–H and O–H groups in total. The highest BCUT2D eigenvalue weighted by atomic mass is 32.2. The van der Waals surface area contributed by atoms with Crippen LogP contribution >= 0.6 is 11.8 Å². The average Bonchev–Trinajstić information content (AvgIpc) is 3.05. The molecule has 2 unspecified atom stereocenters. The van der Waals surface area contributed by atoms with E-state index in [-0.39, 0.29) is 12.0 Å². The van der Waals surface area contributed by atoms with E-state index in [1.54, 1.807) is 0 Å². The van der Waals surface area contributed by atoms with Crippen LogP contribution in [0.5, 0.6) is 0 Å². The van der Waals surface area contributed by atoms with Crippen molar-refractivity contribution in [3.05, 3.63) is 70.8 Å². The van der Waals surface area contributed by atoms with E-state index in [9.17, 15) is 14.7 Å². The van der Waals surface area contributed by atoms with Crippen LogP contribution in [-0.4, -0.2) is 33.9 Å². The lowest BCUT2D eigenvalue weighted by atomic mass is 10.0. The second-order valence-corrected chi connectivity index (χ2v) is 7.46. The Bertz CT molecular complexity index is 809. The first-order valence-electron chi connectivity index (χ1n) is 8.38. The van der Waals surface area contributed by atoms with Crippen molar-refractivity contribution >= 4 is 23.8 Å². The summed E-state index contributed by atoms with van der Waals surface area (Å²) in [5.41, 5.74) is 3.97. The van der Waals surface area contributed by atoms with Gasteiger partial charge in [0.1, 0.15) is 18.0 Å². The molecule has 1 fully saturated rings. The van der Waals surface area contributed by atoms with Crippen LogP contribution in [0.1, 0.15) is 27.6 Å². The number of carboxylic acid groups (broad SMARTS) is 1. The van der Waals surface area contributed by atoms with Crippen LogP contribution in [0.15, 0.2) is 48.5 Å². The van der Waals surface area contributed by atoms with E-state index in [0.717, 1.165) is 22.3 Å². The Hall–Kier alpha value is -2.47. The van der Waals surface area contributed by atoms with E-state index >= 15 is 0 Å². The standard InChI is InChI=1S/C20H21NO4S/c1-13-8-9-16(14(2)10-13)18-21(17(12-26-18)19(22)23)20(24)25-11-15-6-4-3-5-7-15/h3-10,17-18H,11-12H2,1-2H3,(H,22,23). The first kappa shape index (κ1) is 18.3. The van der Waals surface area contributed by atoms with Gasteiger partial charge in [-0.25, -0.2) is 9.59 Å². The third-order valence-corrected chi connectivity index (χ3v) is 5.70. The summed E-state index contributed by atoms with van der Waals surface area (Å²) in [7, 11) is 0. The molecule has 1 aliphatic rings. The molecule has 1 saturated heterocycles. The zero-order valence-corrected chi connectivity index (χ0v) is 15.5. The van der Waals surface area contributed by atoms with Crippen molar-refractivity contribution < 1.29 is 19.4 Å². The van der Waals surface area contributed by atoms with Gasteiger partial charge < -0.3 is 9.84 Å². The van der Waals surface area contributed by atoms with E-state index in [0.29, 0.717) is 5.75 Å². The Morgan fingerprint density at radius 1 is 1.19 bits per heavy atom. The van der Waals surface area contributed by atoms with Crippen LogP contribution in [-0.2, 0) is 16.1 Å². The maximum Gasteiger partial charge on any atom is 0.412 e. The Labute approximate surface area is 157 Å². The van der Waals surface area contributed by atoms with Gasteiger partial charge in [0.2, 0.25) is 0 Å². The molecule has 1 amide bonds. The fourth-order valence-electron chi connectivity index (χ4n) is 3.06. The minimum absolute atomic E-state index is 0.118. The maximum atomic E-state index is 12.7. The monoisotopic (exact) mass is 371 g/mol. The number of carboxylic acids is 1.